The summed E-state index contributed by atoms with van der Waals surface area (Å²) in [6, 6.07) is 0. The number of hydrogen-bond donors (Lipinski definition) is 0. The number of hydrogen-bond acceptors (Lipinski definition) is 2. The fourth-order valence-corrected chi connectivity index (χ4v) is 4.34. The SMILES string of the molecule is CCC(C)(C)CS(=O)(=O)CC(C)(C)CC. The van der Waals surface area contributed by atoms with E-state index in [1.165, 1.54) is 0 Å². The first kappa shape index (κ1) is 14.9. The van der Waals surface area contributed by atoms with E-state index in [1.54, 1.807) is 0 Å². The normalized spacial score (nSPS) is 14.3. The molecule has 0 atom stereocenters. The van der Waals surface area contributed by atoms with Crippen molar-refractivity contribution in [1.29, 1.82) is 0 Å². The van der Waals surface area contributed by atoms with Crippen LogP contribution in [0.15, 0.2) is 0 Å². The molecule has 3 heteroatoms. The molecule has 0 heterocycles. The Morgan fingerprint density at radius 3 is 1.27 bits per heavy atom. The Balaban J connectivity index is 4.59. The average Bonchev–Trinajstić information content (AvgIpc) is 2.00. The predicted octanol–water partition coefficient (Wildman–Crippen LogP) is 3.27. The Bertz CT molecular complexity index is 263. The third kappa shape index (κ3) is 6.18. The first-order valence-electron chi connectivity index (χ1n) is 5.74. The van der Waals surface area contributed by atoms with Crippen LogP contribution in [-0.2, 0) is 9.84 Å². The highest BCUT2D eigenvalue weighted by molar-refractivity contribution is 7.91. The van der Waals surface area contributed by atoms with E-state index < -0.39 is 9.84 Å². The van der Waals surface area contributed by atoms with Gasteiger partial charge >= 0.3 is 0 Å². The zero-order chi connectivity index (χ0) is 12.3. The van der Waals surface area contributed by atoms with Crippen LogP contribution in [-0.4, -0.2) is 19.9 Å². The van der Waals surface area contributed by atoms with E-state index >= 15 is 0 Å². The van der Waals surface area contributed by atoms with Crippen molar-refractivity contribution in [2.75, 3.05) is 11.5 Å². The highest BCUT2D eigenvalue weighted by Gasteiger charge is 2.29. The maximum absolute atomic E-state index is 12.0. The molecule has 0 bridgehead atoms. The molecule has 15 heavy (non-hydrogen) atoms. The summed E-state index contributed by atoms with van der Waals surface area (Å²) in [7, 11) is -2.92. The molecule has 0 saturated carbocycles. The minimum Gasteiger partial charge on any atom is -0.229 e. The van der Waals surface area contributed by atoms with Gasteiger partial charge in [0.05, 0.1) is 11.5 Å². The van der Waals surface area contributed by atoms with Gasteiger partial charge in [-0.25, -0.2) is 8.42 Å². The molecule has 0 rings (SSSR count). The van der Waals surface area contributed by atoms with Crippen LogP contribution >= 0.6 is 0 Å². The lowest BCUT2D eigenvalue weighted by Crippen LogP contribution is -2.31. The molecule has 0 unspecified atom stereocenters. The second-order valence-corrected chi connectivity index (χ2v) is 8.13. The lowest BCUT2D eigenvalue weighted by Gasteiger charge is -2.27. The van der Waals surface area contributed by atoms with Crippen molar-refractivity contribution in [2.45, 2.75) is 54.4 Å². The maximum atomic E-state index is 12.0. The average molecular weight is 234 g/mol. The van der Waals surface area contributed by atoms with Crippen molar-refractivity contribution in [3.8, 4) is 0 Å². The minimum absolute atomic E-state index is 0.0946. The fraction of sp³-hybridized carbons (Fsp3) is 1.00. The van der Waals surface area contributed by atoms with Crippen LogP contribution in [0.4, 0.5) is 0 Å². The molecule has 0 spiro atoms. The highest BCUT2D eigenvalue weighted by atomic mass is 32.2. The van der Waals surface area contributed by atoms with Crippen molar-refractivity contribution in [3.05, 3.63) is 0 Å². The summed E-state index contributed by atoms with van der Waals surface area (Å²) >= 11 is 0. The summed E-state index contributed by atoms with van der Waals surface area (Å²) in [5, 5.41) is 0. The molecule has 0 aromatic rings. The monoisotopic (exact) mass is 234 g/mol. The van der Waals surface area contributed by atoms with Crippen LogP contribution in [0.2, 0.25) is 0 Å². The molecular formula is C12H26O2S. The standard InChI is InChI=1S/C12H26O2S/c1-7-11(3,4)9-15(13,14)10-12(5,6)8-2/h7-10H2,1-6H3. The first-order valence-corrected chi connectivity index (χ1v) is 7.56. The summed E-state index contributed by atoms with van der Waals surface area (Å²) in [5.74, 6) is 0.611. The summed E-state index contributed by atoms with van der Waals surface area (Å²) in [6.45, 7) is 12.2. The van der Waals surface area contributed by atoms with E-state index in [2.05, 4.69) is 0 Å². The second kappa shape index (κ2) is 4.86. The van der Waals surface area contributed by atoms with E-state index in [-0.39, 0.29) is 10.8 Å². The van der Waals surface area contributed by atoms with E-state index in [0.717, 1.165) is 12.8 Å². The molecule has 0 aliphatic rings. The number of sulfone groups is 1. The first-order chi connectivity index (χ1) is 6.54. The molecular weight excluding hydrogens is 208 g/mol. The van der Waals surface area contributed by atoms with Gasteiger partial charge in [-0.1, -0.05) is 54.4 Å². The van der Waals surface area contributed by atoms with Crippen LogP contribution in [0.1, 0.15) is 54.4 Å². The Kier molecular flexibility index (Phi) is 4.84. The molecule has 0 aromatic heterocycles. The van der Waals surface area contributed by atoms with E-state index in [0.29, 0.717) is 11.5 Å². The van der Waals surface area contributed by atoms with Gasteiger partial charge in [0, 0.05) is 0 Å². The topological polar surface area (TPSA) is 34.1 Å². The van der Waals surface area contributed by atoms with Crippen LogP contribution in [0.3, 0.4) is 0 Å². The van der Waals surface area contributed by atoms with Gasteiger partial charge < -0.3 is 0 Å². The zero-order valence-electron chi connectivity index (χ0n) is 11.1. The van der Waals surface area contributed by atoms with Crippen molar-refractivity contribution < 1.29 is 8.42 Å². The van der Waals surface area contributed by atoms with Gasteiger partial charge in [-0.3, -0.25) is 0 Å². The molecule has 0 radical (unpaired) electrons. The summed E-state index contributed by atoms with van der Waals surface area (Å²) in [4.78, 5) is 0. The van der Waals surface area contributed by atoms with Gasteiger partial charge in [0.15, 0.2) is 9.84 Å². The summed E-state index contributed by atoms with van der Waals surface area (Å²) in [6.07, 6.45) is 1.80. The third-order valence-corrected chi connectivity index (χ3v) is 5.58. The minimum atomic E-state index is -2.92. The van der Waals surface area contributed by atoms with Crippen molar-refractivity contribution in [1.82, 2.24) is 0 Å². The lowest BCUT2D eigenvalue weighted by molar-refractivity contribution is 0.376. The van der Waals surface area contributed by atoms with Crippen LogP contribution in [0.25, 0.3) is 0 Å². The third-order valence-electron chi connectivity index (χ3n) is 3.14. The number of rotatable bonds is 6. The quantitative estimate of drug-likeness (QED) is 0.707. The highest BCUT2D eigenvalue weighted by Crippen LogP contribution is 2.27. The van der Waals surface area contributed by atoms with Crippen LogP contribution in [0, 0.1) is 10.8 Å². The second-order valence-electron chi connectivity index (χ2n) is 6.07. The molecule has 0 aromatic carbocycles. The Morgan fingerprint density at radius 1 is 0.800 bits per heavy atom. The fourth-order valence-electron chi connectivity index (χ4n) is 1.45. The van der Waals surface area contributed by atoms with Gasteiger partial charge in [-0.05, 0) is 10.8 Å². The van der Waals surface area contributed by atoms with Gasteiger partial charge in [0.25, 0.3) is 0 Å². The Hall–Kier alpha value is -0.0500. The van der Waals surface area contributed by atoms with Crippen molar-refractivity contribution in [2.24, 2.45) is 10.8 Å². The molecule has 0 N–H and O–H groups in total. The van der Waals surface area contributed by atoms with Gasteiger partial charge in [-0.2, -0.15) is 0 Å². The smallest absolute Gasteiger partial charge is 0.151 e. The Morgan fingerprint density at radius 2 is 1.07 bits per heavy atom. The lowest BCUT2D eigenvalue weighted by atomic mass is 9.93. The van der Waals surface area contributed by atoms with Gasteiger partial charge in [0.2, 0.25) is 0 Å². The molecule has 2 nitrogen and oxygen atoms in total. The molecule has 0 aliphatic heterocycles. The van der Waals surface area contributed by atoms with Crippen LogP contribution < -0.4 is 0 Å². The van der Waals surface area contributed by atoms with Gasteiger partial charge in [0.1, 0.15) is 0 Å². The maximum Gasteiger partial charge on any atom is 0.151 e. The van der Waals surface area contributed by atoms with E-state index in [4.69, 9.17) is 0 Å². The molecule has 0 amide bonds. The molecule has 0 saturated heterocycles. The summed E-state index contributed by atoms with van der Waals surface area (Å²) in [5.41, 5.74) is -0.189. The zero-order valence-corrected chi connectivity index (χ0v) is 11.9. The molecule has 0 aliphatic carbocycles. The van der Waals surface area contributed by atoms with E-state index in [1.807, 2.05) is 41.5 Å². The molecule has 0 fully saturated rings. The summed E-state index contributed by atoms with van der Waals surface area (Å²) < 4.78 is 24.0. The van der Waals surface area contributed by atoms with Crippen LogP contribution in [0.5, 0.6) is 0 Å². The largest absolute Gasteiger partial charge is 0.229 e. The molecule has 92 valence electrons. The van der Waals surface area contributed by atoms with Crippen molar-refractivity contribution in [3.63, 3.8) is 0 Å². The predicted molar refractivity (Wildman–Crippen MR) is 66.8 cm³/mol. The Labute approximate surface area is 95.4 Å². The van der Waals surface area contributed by atoms with Gasteiger partial charge in [-0.15, -0.1) is 0 Å². The van der Waals surface area contributed by atoms with E-state index in [9.17, 15) is 8.42 Å². The van der Waals surface area contributed by atoms with Crippen molar-refractivity contribution >= 4 is 9.84 Å².